The summed E-state index contributed by atoms with van der Waals surface area (Å²) in [5.74, 6) is 0.478. The van der Waals surface area contributed by atoms with Crippen LogP contribution in [0.4, 0.5) is 5.82 Å². The Kier molecular flexibility index (Phi) is 3.59. The van der Waals surface area contributed by atoms with Crippen molar-refractivity contribution in [2.45, 2.75) is 31.6 Å². The van der Waals surface area contributed by atoms with E-state index in [1.54, 1.807) is 12.3 Å². The largest absolute Gasteiger partial charge is 0.383 e. The Hall–Kier alpha value is -1.14. The van der Waals surface area contributed by atoms with Crippen LogP contribution in [0.3, 0.4) is 0 Å². The fourth-order valence-corrected chi connectivity index (χ4v) is 4.01. The van der Waals surface area contributed by atoms with Gasteiger partial charge in [0.15, 0.2) is 0 Å². The minimum atomic E-state index is -3.50. The molecule has 1 aliphatic rings. The molecule has 0 aromatic carbocycles. The first-order valence-corrected chi connectivity index (χ1v) is 7.57. The maximum Gasteiger partial charge on any atom is 0.246 e. The lowest BCUT2D eigenvalue weighted by atomic mass is 10.0. The maximum atomic E-state index is 12.5. The first-order chi connectivity index (χ1) is 8.41. The molecule has 0 aliphatic carbocycles. The van der Waals surface area contributed by atoms with Gasteiger partial charge >= 0.3 is 0 Å². The number of aryl methyl sites for hydroxylation is 1. The summed E-state index contributed by atoms with van der Waals surface area (Å²) in [7, 11) is -3.50. The van der Waals surface area contributed by atoms with Crippen LogP contribution in [0.1, 0.15) is 25.3 Å². The summed E-state index contributed by atoms with van der Waals surface area (Å²) in [5.41, 5.74) is 6.50. The minimum Gasteiger partial charge on any atom is -0.383 e. The molecular weight excluding hydrogens is 250 g/mol. The molecule has 0 spiro atoms. The average molecular weight is 269 g/mol. The number of nitrogen functional groups attached to an aromatic ring is 1. The first-order valence-electron chi connectivity index (χ1n) is 6.13. The highest BCUT2D eigenvalue weighted by Gasteiger charge is 2.30. The number of hydrogen-bond donors (Lipinski definition) is 1. The molecule has 1 atom stereocenters. The number of nitrogens with two attached hydrogens (primary N) is 1. The van der Waals surface area contributed by atoms with Gasteiger partial charge in [0, 0.05) is 19.3 Å². The molecule has 1 aromatic heterocycles. The Morgan fingerprint density at radius 2 is 2.22 bits per heavy atom. The highest BCUT2D eigenvalue weighted by molar-refractivity contribution is 7.89. The van der Waals surface area contributed by atoms with Crippen molar-refractivity contribution in [2.75, 3.05) is 18.8 Å². The van der Waals surface area contributed by atoms with E-state index in [1.807, 2.05) is 6.92 Å². The van der Waals surface area contributed by atoms with Gasteiger partial charge in [0.05, 0.1) is 0 Å². The van der Waals surface area contributed by atoms with Crippen molar-refractivity contribution in [2.24, 2.45) is 5.92 Å². The van der Waals surface area contributed by atoms with Crippen LogP contribution in [-0.2, 0) is 10.0 Å². The zero-order valence-corrected chi connectivity index (χ0v) is 11.6. The molecule has 1 unspecified atom stereocenters. The molecule has 5 nitrogen and oxygen atoms in total. The van der Waals surface area contributed by atoms with Crippen molar-refractivity contribution in [1.29, 1.82) is 0 Å². The summed E-state index contributed by atoms with van der Waals surface area (Å²) in [6, 6.07) is 1.59. The third kappa shape index (κ3) is 2.49. The SMILES string of the molecule is Cc1cnc(N)c(S(=O)(=O)N2CCCC(C)C2)c1. The van der Waals surface area contributed by atoms with E-state index in [9.17, 15) is 8.42 Å². The molecule has 2 rings (SSSR count). The highest BCUT2D eigenvalue weighted by atomic mass is 32.2. The second kappa shape index (κ2) is 4.85. The standard InChI is InChI=1S/C12H19N3O2S/c1-9-4-3-5-15(8-9)18(16,17)11-6-10(2)7-14-12(11)13/h6-7,9H,3-5,8H2,1-2H3,(H2,13,14). The molecule has 0 radical (unpaired) electrons. The van der Waals surface area contributed by atoms with E-state index in [2.05, 4.69) is 11.9 Å². The lowest BCUT2D eigenvalue weighted by Gasteiger charge is -2.30. The van der Waals surface area contributed by atoms with E-state index < -0.39 is 10.0 Å². The quantitative estimate of drug-likeness (QED) is 0.880. The number of hydrogen-bond acceptors (Lipinski definition) is 4. The summed E-state index contributed by atoms with van der Waals surface area (Å²) in [4.78, 5) is 4.07. The normalized spacial score (nSPS) is 22.0. The Balaban J connectivity index is 2.38. The number of nitrogens with zero attached hydrogens (tertiary/aromatic N) is 2. The van der Waals surface area contributed by atoms with Crippen LogP contribution in [0, 0.1) is 12.8 Å². The molecule has 18 heavy (non-hydrogen) atoms. The molecule has 1 aromatic rings. The van der Waals surface area contributed by atoms with Gasteiger partial charge in [-0.1, -0.05) is 6.92 Å². The van der Waals surface area contributed by atoms with Gasteiger partial charge in [0.1, 0.15) is 10.7 Å². The van der Waals surface area contributed by atoms with Crippen molar-refractivity contribution >= 4 is 15.8 Å². The second-order valence-electron chi connectivity index (χ2n) is 5.01. The number of pyridine rings is 1. The van der Waals surface area contributed by atoms with Gasteiger partial charge in [-0.3, -0.25) is 0 Å². The van der Waals surface area contributed by atoms with Crippen molar-refractivity contribution < 1.29 is 8.42 Å². The van der Waals surface area contributed by atoms with Crippen molar-refractivity contribution in [1.82, 2.24) is 9.29 Å². The molecule has 2 heterocycles. The fourth-order valence-electron chi connectivity index (χ4n) is 2.26. The number of sulfonamides is 1. The minimum absolute atomic E-state index is 0.0822. The van der Waals surface area contributed by atoms with Crippen LogP contribution in [0.5, 0.6) is 0 Å². The number of anilines is 1. The van der Waals surface area contributed by atoms with Crippen LogP contribution in [0.2, 0.25) is 0 Å². The van der Waals surface area contributed by atoms with Gasteiger partial charge in [0.2, 0.25) is 10.0 Å². The Morgan fingerprint density at radius 3 is 2.89 bits per heavy atom. The van der Waals surface area contributed by atoms with Crippen LogP contribution in [0.15, 0.2) is 17.2 Å². The third-order valence-electron chi connectivity index (χ3n) is 3.26. The smallest absolute Gasteiger partial charge is 0.246 e. The number of piperidine rings is 1. The van der Waals surface area contributed by atoms with E-state index in [-0.39, 0.29) is 10.7 Å². The lowest BCUT2D eigenvalue weighted by molar-refractivity contribution is 0.281. The van der Waals surface area contributed by atoms with Crippen molar-refractivity contribution in [3.8, 4) is 0 Å². The van der Waals surface area contributed by atoms with Crippen molar-refractivity contribution in [3.05, 3.63) is 17.8 Å². The monoisotopic (exact) mass is 269 g/mol. The fraction of sp³-hybridized carbons (Fsp3) is 0.583. The van der Waals surface area contributed by atoms with Crippen LogP contribution in [0.25, 0.3) is 0 Å². The Bertz CT molecular complexity index is 542. The molecule has 0 amide bonds. The summed E-state index contributed by atoms with van der Waals surface area (Å²) < 4.78 is 26.5. The topological polar surface area (TPSA) is 76.3 Å². The average Bonchev–Trinajstić information content (AvgIpc) is 2.32. The van der Waals surface area contributed by atoms with E-state index in [0.717, 1.165) is 18.4 Å². The second-order valence-corrected chi connectivity index (χ2v) is 6.91. The van der Waals surface area contributed by atoms with E-state index in [1.165, 1.54) is 4.31 Å². The zero-order valence-electron chi connectivity index (χ0n) is 10.8. The third-order valence-corrected chi connectivity index (χ3v) is 5.15. The highest BCUT2D eigenvalue weighted by Crippen LogP contribution is 2.26. The van der Waals surface area contributed by atoms with Gasteiger partial charge in [0.25, 0.3) is 0 Å². The van der Waals surface area contributed by atoms with E-state index >= 15 is 0 Å². The Morgan fingerprint density at radius 1 is 1.50 bits per heavy atom. The van der Waals surface area contributed by atoms with Gasteiger partial charge in [-0.25, -0.2) is 13.4 Å². The summed E-state index contributed by atoms with van der Waals surface area (Å²) in [6.07, 6.45) is 3.56. The van der Waals surface area contributed by atoms with Crippen LogP contribution < -0.4 is 5.73 Å². The maximum absolute atomic E-state index is 12.5. The number of aromatic nitrogens is 1. The zero-order chi connectivity index (χ0) is 13.3. The first kappa shape index (κ1) is 13.3. The van der Waals surface area contributed by atoms with Crippen LogP contribution >= 0.6 is 0 Å². The summed E-state index contributed by atoms with van der Waals surface area (Å²) in [6.45, 7) is 5.01. The van der Waals surface area contributed by atoms with Gasteiger partial charge < -0.3 is 5.73 Å². The molecule has 2 N–H and O–H groups in total. The molecule has 0 saturated carbocycles. The molecular formula is C12H19N3O2S. The lowest BCUT2D eigenvalue weighted by Crippen LogP contribution is -2.39. The molecule has 6 heteroatoms. The van der Waals surface area contributed by atoms with E-state index in [4.69, 9.17) is 5.73 Å². The predicted octanol–water partition coefficient (Wildman–Crippen LogP) is 1.39. The Labute approximate surface area is 108 Å². The molecule has 100 valence electrons. The summed E-state index contributed by atoms with van der Waals surface area (Å²) >= 11 is 0. The molecule has 0 bridgehead atoms. The molecule has 1 saturated heterocycles. The van der Waals surface area contributed by atoms with Crippen molar-refractivity contribution in [3.63, 3.8) is 0 Å². The predicted molar refractivity (Wildman–Crippen MR) is 70.5 cm³/mol. The van der Waals surface area contributed by atoms with Gasteiger partial charge in [-0.05, 0) is 37.3 Å². The molecule has 1 fully saturated rings. The number of rotatable bonds is 2. The van der Waals surface area contributed by atoms with Gasteiger partial charge in [-0.2, -0.15) is 4.31 Å². The van der Waals surface area contributed by atoms with Crippen LogP contribution in [-0.4, -0.2) is 30.8 Å². The molecule has 1 aliphatic heterocycles. The van der Waals surface area contributed by atoms with E-state index in [0.29, 0.717) is 19.0 Å². The van der Waals surface area contributed by atoms with Gasteiger partial charge in [-0.15, -0.1) is 0 Å². The summed E-state index contributed by atoms with van der Waals surface area (Å²) in [5, 5.41) is 0.